The van der Waals surface area contributed by atoms with Gasteiger partial charge in [0, 0.05) is 23.8 Å². The molecule has 7 atom stereocenters. The number of methoxy groups -OCH3 is 2. The quantitative estimate of drug-likeness (QED) is 0.212. The first-order valence-corrected chi connectivity index (χ1v) is 21.2. The Balaban J connectivity index is 1.44. The van der Waals surface area contributed by atoms with E-state index in [9.17, 15) is 45.5 Å². The summed E-state index contributed by atoms with van der Waals surface area (Å²) in [6, 6.07) is 3.12. The SMILES string of the molecule is COc1ccc2c(O[C@@H]3C[C@H]4C(=O)N[C@]5(C(=O)NS(=O)(=O)C6(CF)CC6)C[C@H]5C=CCC[C@H](C)C[C@@H](C)[C@H](N(C(=O)O)C(C)(C)C(F)(F)F)C(=O)N4C3)nc(OC)cc2c1. The summed E-state index contributed by atoms with van der Waals surface area (Å²) in [4.78, 5) is 62.0. The van der Waals surface area contributed by atoms with E-state index in [0.717, 1.165) is 4.90 Å². The minimum Gasteiger partial charge on any atom is -0.497 e. The van der Waals surface area contributed by atoms with Crippen molar-refractivity contribution >= 4 is 44.6 Å². The van der Waals surface area contributed by atoms with Gasteiger partial charge >= 0.3 is 12.3 Å². The Morgan fingerprint density at radius 3 is 2.40 bits per heavy atom. The van der Waals surface area contributed by atoms with Crippen LogP contribution in [0.3, 0.4) is 0 Å². The van der Waals surface area contributed by atoms with Crippen LogP contribution in [0, 0.1) is 17.8 Å². The second-order valence-corrected chi connectivity index (χ2v) is 19.1. The number of carboxylic acid groups (broad SMARTS) is 1. The van der Waals surface area contributed by atoms with Gasteiger partial charge in [0.2, 0.25) is 33.6 Å². The van der Waals surface area contributed by atoms with E-state index in [0.29, 0.717) is 43.2 Å². The van der Waals surface area contributed by atoms with E-state index in [1.54, 1.807) is 36.4 Å². The number of carbonyl (C=O) groups excluding carboxylic acids is 3. The molecule has 3 fully saturated rings. The molecule has 1 aromatic heterocycles. The van der Waals surface area contributed by atoms with Crippen molar-refractivity contribution in [1.82, 2.24) is 24.8 Å². The van der Waals surface area contributed by atoms with Crippen molar-refractivity contribution in [3.05, 3.63) is 36.4 Å². The first kappa shape index (κ1) is 44.7. The lowest BCUT2D eigenvalue weighted by Gasteiger charge is -2.45. The monoisotopic (exact) mass is 869 g/mol. The summed E-state index contributed by atoms with van der Waals surface area (Å²) in [5.41, 5.74) is -4.93. The van der Waals surface area contributed by atoms with Crippen LogP contribution >= 0.6 is 0 Å². The standard InChI is InChI=1S/C40H51F4N5O10S/c1-22-9-7-8-10-25-19-39(25,35(52)47-60(55,56)38(21-41)13-14-38)46-32(50)29-18-27(59-33-28-12-11-26(57-5)16-24(28)17-30(45-33)58-6)20-48(29)34(51)31(23(2)15-22)49(36(53)54)37(3,4)40(42,43)44/h8,10-12,16-17,22-23,25,27,29,31H,7,9,13-15,18-21H2,1-6H3,(H,46,50)(H,47,52)(H,53,54)/t22-,23+,25+,27+,29-,31-,39+/m0/s1. The summed E-state index contributed by atoms with van der Waals surface area (Å²) in [6.45, 7) is 2.99. The lowest BCUT2D eigenvalue weighted by Crippen LogP contribution is -2.66. The molecule has 0 unspecified atom stereocenters. The number of nitrogens with one attached hydrogen (secondary N) is 2. The molecule has 4 aliphatic rings. The molecule has 6 rings (SSSR count). The predicted molar refractivity (Wildman–Crippen MR) is 208 cm³/mol. The fourth-order valence-electron chi connectivity index (χ4n) is 8.40. The van der Waals surface area contributed by atoms with Crippen LogP contribution in [-0.2, 0) is 24.4 Å². The van der Waals surface area contributed by atoms with Crippen LogP contribution in [0.15, 0.2) is 36.4 Å². The summed E-state index contributed by atoms with van der Waals surface area (Å²) in [6.07, 6.45) is -4.17. The van der Waals surface area contributed by atoms with Gasteiger partial charge < -0.3 is 29.5 Å². The number of fused-ring (bicyclic) bond motifs is 3. The average Bonchev–Trinajstić information content (AvgIpc) is 4.08. The number of nitrogens with zero attached hydrogens (tertiary/aromatic N) is 3. The summed E-state index contributed by atoms with van der Waals surface area (Å²) in [7, 11) is -1.66. The maximum Gasteiger partial charge on any atom is 0.411 e. The first-order chi connectivity index (χ1) is 28.0. The van der Waals surface area contributed by atoms with Crippen LogP contribution in [0.4, 0.5) is 22.4 Å². The minimum absolute atomic E-state index is 0.00338. The van der Waals surface area contributed by atoms with Crippen molar-refractivity contribution in [2.45, 2.75) is 113 Å². The van der Waals surface area contributed by atoms with Gasteiger partial charge in [0.05, 0.1) is 20.8 Å². The first-order valence-electron chi connectivity index (χ1n) is 19.7. The Kier molecular flexibility index (Phi) is 12.1. The van der Waals surface area contributed by atoms with Gasteiger partial charge in [0.15, 0.2) is 0 Å². The summed E-state index contributed by atoms with van der Waals surface area (Å²) < 4.78 is 102. The largest absolute Gasteiger partial charge is 0.497 e. The molecule has 330 valence electrons. The number of ether oxygens (including phenoxy) is 3. The van der Waals surface area contributed by atoms with Crippen LogP contribution in [0.2, 0.25) is 0 Å². The molecule has 2 saturated carbocycles. The lowest BCUT2D eigenvalue weighted by molar-refractivity contribution is -0.222. The third kappa shape index (κ3) is 8.27. The van der Waals surface area contributed by atoms with Crippen LogP contribution in [0.1, 0.15) is 72.6 Å². The van der Waals surface area contributed by atoms with E-state index in [2.05, 4.69) is 10.3 Å². The maximum absolute atomic E-state index is 15.0. The molecule has 20 heteroatoms. The van der Waals surface area contributed by atoms with Crippen molar-refractivity contribution in [2.75, 3.05) is 27.4 Å². The van der Waals surface area contributed by atoms with E-state index in [1.165, 1.54) is 21.1 Å². The topological polar surface area (TPSA) is 194 Å². The number of sulfonamides is 1. The van der Waals surface area contributed by atoms with Crippen LogP contribution < -0.4 is 24.2 Å². The number of aromatic nitrogens is 1. The van der Waals surface area contributed by atoms with Gasteiger partial charge in [0.1, 0.15) is 46.4 Å². The number of benzene rings is 1. The zero-order valence-electron chi connectivity index (χ0n) is 34.2. The highest BCUT2D eigenvalue weighted by Gasteiger charge is 2.64. The summed E-state index contributed by atoms with van der Waals surface area (Å²) in [5.74, 6) is -4.46. The molecule has 15 nitrogen and oxygen atoms in total. The van der Waals surface area contributed by atoms with Crippen molar-refractivity contribution < 1.29 is 64.5 Å². The van der Waals surface area contributed by atoms with Gasteiger partial charge in [-0.3, -0.25) is 24.0 Å². The Labute approximate surface area is 345 Å². The maximum atomic E-state index is 15.0. The highest BCUT2D eigenvalue weighted by atomic mass is 32.2. The molecule has 4 amide bonds. The Hall–Kier alpha value is -4.88. The van der Waals surface area contributed by atoms with Gasteiger partial charge in [-0.05, 0) is 87.8 Å². The molecule has 60 heavy (non-hydrogen) atoms. The Morgan fingerprint density at radius 2 is 1.80 bits per heavy atom. The molecule has 0 spiro atoms. The number of hydrogen-bond donors (Lipinski definition) is 3. The third-order valence-electron chi connectivity index (χ3n) is 12.5. The number of rotatable bonds is 10. The minimum atomic E-state index is -5.13. The van der Waals surface area contributed by atoms with Crippen LogP contribution in [0.5, 0.6) is 17.5 Å². The number of allylic oxidation sites excluding steroid dienone is 1. The Morgan fingerprint density at radius 1 is 1.10 bits per heavy atom. The zero-order chi connectivity index (χ0) is 44.2. The highest BCUT2D eigenvalue weighted by molar-refractivity contribution is 7.91. The van der Waals surface area contributed by atoms with Gasteiger partial charge in [-0.2, -0.15) is 18.2 Å². The summed E-state index contributed by atoms with van der Waals surface area (Å²) >= 11 is 0. The molecule has 3 heterocycles. The molecular weight excluding hydrogens is 819 g/mol. The smallest absolute Gasteiger partial charge is 0.411 e. The molecular formula is C40H51F4N5O10S. The van der Waals surface area contributed by atoms with E-state index >= 15 is 4.79 Å². The number of alkyl halides is 4. The van der Waals surface area contributed by atoms with E-state index < -0.39 is 99.1 Å². The molecule has 2 aliphatic carbocycles. The number of halogens is 4. The fraction of sp³-hybridized carbons (Fsp3) is 0.625. The molecule has 2 aromatic rings. The predicted octanol–water partition coefficient (Wildman–Crippen LogP) is 5.13. The zero-order valence-corrected chi connectivity index (χ0v) is 35.0. The lowest BCUT2D eigenvalue weighted by atomic mass is 9.85. The number of carbonyl (C=O) groups is 4. The fourth-order valence-corrected chi connectivity index (χ4v) is 9.82. The summed E-state index contributed by atoms with van der Waals surface area (Å²) in [5, 5.41) is 14.2. The highest BCUT2D eigenvalue weighted by Crippen LogP contribution is 2.48. The molecule has 1 aromatic carbocycles. The van der Waals surface area contributed by atoms with Gasteiger partial charge in [-0.15, -0.1) is 0 Å². The molecule has 2 aliphatic heterocycles. The third-order valence-corrected chi connectivity index (χ3v) is 14.6. The van der Waals surface area contributed by atoms with Gasteiger partial charge in [0.25, 0.3) is 5.91 Å². The number of pyridine rings is 1. The Bertz CT molecular complexity index is 2160. The molecule has 0 radical (unpaired) electrons. The van der Waals surface area contributed by atoms with Crippen LogP contribution in [0.25, 0.3) is 10.8 Å². The van der Waals surface area contributed by atoms with Crippen molar-refractivity contribution in [3.8, 4) is 17.5 Å². The van der Waals surface area contributed by atoms with Gasteiger partial charge in [-0.1, -0.05) is 26.0 Å². The molecule has 3 N–H and O–H groups in total. The van der Waals surface area contributed by atoms with Gasteiger partial charge in [-0.25, -0.2) is 17.6 Å². The second-order valence-electron chi connectivity index (χ2n) is 17.0. The molecule has 1 saturated heterocycles. The normalized spacial score (nSPS) is 28.3. The van der Waals surface area contributed by atoms with Crippen molar-refractivity contribution in [3.63, 3.8) is 0 Å². The van der Waals surface area contributed by atoms with Crippen molar-refractivity contribution in [1.29, 1.82) is 0 Å². The number of amides is 4. The molecule has 0 bridgehead atoms. The van der Waals surface area contributed by atoms with Crippen LogP contribution in [-0.4, -0.2) is 120 Å². The second kappa shape index (κ2) is 16.2. The van der Waals surface area contributed by atoms with E-state index in [-0.39, 0.29) is 54.7 Å². The number of hydrogen-bond acceptors (Lipinski definition) is 10. The average molecular weight is 870 g/mol. The van der Waals surface area contributed by atoms with Crippen molar-refractivity contribution in [2.24, 2.45) is 17.8 Å². The van der Waals surface area contributed by atoms with E-state index in [1.807, 2.05) is 11.6 Å². The van der Waals surface area contributed by atoms with E-state index in [4.69, 9.17) is 14.2 Å².